The SMILES string of the molecule is Cc1cccc2c1NC(=O)[C@]21C(C#N)=C(N)Oc2n[nH]c(C)c21. The number of hydrogen-bond acceptors (Lipinski definition) is 5. The fraction of sp³-hybridized carbons (Fsp3) is 0.188. The Hall–Kier alpha value is -3.27. The molecule has 0 aliphatic carbocycles. The number of hydrogen-bond donors (Lipinski definition) is 3. The van der Waals surface area contributed by atoms with Gasteiger partial charge >= 0.3 is 0 Å². The minimum Gasteiger partial charge on any atom is -0.420 e. The molecule has 2 aliphatic rings. The summed E-state index contributed by atoms with van der Waals surface area (Å²) in [5.74, 6) is -0.199. The molecule has 7 nitrogen and oxygen atoms in total. The van der Waals surface area contributed by atoms with Crippen molar-refractivity contribution in [1.82, 2.24) is 10.2 Å². The van der Waals surface area contributed by atoms with E-state index in [1.165, 1.54) is 0 Å². The van der Waals surface area contributed by atoms with Crippen LogP contribution in [-0.2, 0) is 10.2 Å². The van der Waals surface area contributed by atoms with E-state index in [-0.39, 0.29) is 23.2 Å². The Morgan fingerprint density at radius 1 is 1.39 bits per heavy atom. The molecule has 3 heterocycles. The maximum atomic E-state index is 13.0. The van der Waals surface area contributed by atoms with Gasteiger partial charge in [0.2, 0.25) is 17.7 Å². The first-order valence-corrected chi connectivity index (χ1v) is 7.07. The van der Waals surface area contributed by atoms with Crippen LogP contribution in [0.2, 0.25) is 0 Å². The predicted molar refractivity (Wildman–Crippen MR) is 81.4 cm³/mol. The van der Waals surface area contributed by atoms with Crippen LogP contribution in [-0.4, -0.2) is 16.1 Å². The summed E-state index contributed by atoms with van der Waals surface area (Å²) in [5.41, 5.74) is 8.17. The summed E-state index contributed by atoms with van der Waals surface area (Å²) in [4.78, 5) is 13.0. The molecule has 4 rings (SSSR count). The van der Waals surface area contributed by atoms with Crippen LogP contribution >= 0.6 is 0 Å². The number of nitrogens with two attached hydrogens (primary N) is 1. The summed E-state index contributed by atoms with van der Waals surface area (Å²) in [5, 5.41) is 19.5. The quantitative estimate of drug-likeness (QED) is 0.679. The van der Waals surface area contributed by atoms with E-state index in [0.29, 0.717) is 22.5 Å². The number of nitriles is 1. The van der Waals surface area contributed by atoms with E-state index in [4.69, 9.17) is 10.5 Å². The molecule has 0 saturated carbocycles. The first-order valence-electron chi connectivity index (χ1n) is 7.07. The highest BCUT2D eigenvalue weighted by atomic mass is 16.5. The number of amides is 1. The average molecular weight is 307 g/mol. The monoisotopic (exact) mass is 307 g/mol. The molecule has 0 bridgehead atoms. The second kappa shape index (κ2) is 4.14. The molecular formula is C16H13N5O2. The Morgan fingerprint density at radius 3 is 2.91 bits per heavy atom. The van der Waals surface area contributed by atoms with Gasteiger partial charge in [-0.15, -0.1) is 5.10 Å². The number of fused-ring (bicyclic) bond motifs is 4. The molecule has 1 aromatic carbocycles. The van der Waals surface area contributed by atoms with Crippen LogP contribution in [0, 0.1) is 25.2 Å². The van der Waals surface area contributed by atoms with Gasteiger partial charge in [-0.05, 0) is 19.4 Å². The van der Waals surface area contributed by atoms with Gasteiger partial charge < -0.3 is 15.8 Å². The largest absolute Gasteiger partial charge is 0.420 e. The van der Waals surface area contributed by atoms with Crippen molar-refractivity contribution in [3.8, 4) is 11.9 Å². The number of aryl methyl sites for hydroxylation is 2. The number of nitrogens with one attached hydrogen (secondary N) is 2. The van der Waals surface area contributed by atoms with E-state index < -0.39 is 5.41 Å². The average Bonchev–Trinajstić information content (AvgIpc) is 3.01. The summed E-state index contributed by atoms with van der Waals surface area (Å²) in [6, 6.07) is 7.64. The zero-order chi connectivity index (χ0) is 16.4. The van der Waals surface area contributed by atoms with E-state index in [2.05, 4.69) is 21.6 Å². The number of ether oxygens (including phenoxy) is 1. The van der Waals surface area contributed by atoms with Gasteiger partial charge in [-0.3, -0.25) is 9.89 Å². The van der Waals surface area contributed by atoms with Crippen molar-refractivity contribution in [2.75, 3.05) is 5.32 Å². The highest BCUT2D eigenvalue weighted by Gasteiger charge is 2.58. The van der Waals surface area contributed by atoms with Gasteiger partial charge in [0.05, 0.1) is 5.56 Å². The summed E-state index contributed by atoms with van der Waals surface area (Å²) in [6.45, 7) is 3.69. The molecule has 2 aliphatic heterocycles. The van der Waals surface area contributed by atoms with E-state index >= 15 is 0 Å². The molecular weight excluding hydrogens is 294 g/mol. The first kappa shape index (κ1) is 13.4. The molecule has 23 heavy (non-hydrogen) atoms. The van der Waals surface area contributed by atoms with Crippen LogP contribution in [0.3, 0.4) is 0 Å². The number of para-hydroxylation sites is 1. The van der Waals surface area contributed by atoms with Crippen molar-refractivity contribution in [2.45, 2.75) is 19.3 Å². The Bertz CT molecular complexity index is 950. The zero-order valence-electron chi connectivity index (χ0n) is 12.5. The van der Waals surface area contributed by atoms with E-state index in [0.717, 1.165) is 5.56 Å². The summed E-state index contributed by atoms with van der Waals surface area (Å²) in [6.07, 6.45) is 0. The lowest BCUT2D eigenvalue weighted by molar-refractivity contribution is -0.118. The molecule has 0 radical (unpaired) electrons. The van der Waals surface area contributed by atoms with E-state index in [9.17, 15) is 10.1 Å². The number of H-pyrrole nitrogens is 1. The molecule has 1 aromatic heterocycles. The highest BCUT2D eigenvalue weighted by molar-refractivity contribution is 6.13. The highest BCUT2D eigenvalue weighted by Crippen LogP contribution is 2.54. The number of benzene rings is 1. The normalized spacial score (nSPS) is 21.5. The minimum atomic E-state index is -1.33. The smallest absolute Gasteiger partial charge is 0.245 e. The minimum absolute atomic E-state index is 0.0800. The maximum absolute atomic E-state index is 13.0. The summed E-state index contributed by atoms with van der Waals surface area (Å²) in [7, 11) is 0. The molecule has 1 spiro atoms. The number of rotatable bonds is 0. The van der Waals surface area contributed by atoms with Gasteiger partial charge in [-0.1, -0.05) is 18.2 Å². The maximum Gasteiger partial charge on any atom is 0.245 e. The summed E-state index contributed by atoms with van der Waals surface area (Å²) >= 11 is 0. The fourth-order valence-corrected chi connectivity index (χ4v) is 3.50. The number of carbonyl (C=O) groups excluding carboxylic acids is 1. The molecule has 2 aromatic rings. The number of anilines is 1. The van der Waals surface area contributed by atoms with Crippen molar-refractivity contribution in [3.63, 3.8) is 0 Å². The van der Waals surface area contributed by atoms with Crippen LogP contribution < -0.4 is 15.8 Å². The number of aromatic nitrogens is 2. The molecule has 0 saturated heterocycles. The number of nitrogens with zero attached hydrogens (tertiary/aromatic N) is 2. The Labute approximate surface area is 131 Å². The van der Waals surface area contributed by atoms with E-state index in [1.54, 1.807) is 6.92 Å². The van der Waals surface area contributed by atoms with Crippen LogP contribution in [0.4, 0.5) is 5.69 Å². The second-order valence-corrected chi connectivity index (χ2v) is 5.68. The number of carbonyl (C=O) groups is 1. The standard InChI is InChI=1S/C16H13N5O2/c1-7-4-3-5-9-12(7)19-15(22)16(9)10(6-17)13(18)23-14-11(16)8(2)20-21-14/h3-5H,18H2,1-2H3,(H,19,22)(H,20,21)/t16-/m0/s1. The Kier molecular flexibility index (Phi) is 2.41. The van der Waals surface area contributed by atoms with Gasteiger partial charge in [-0.2, -0.15) is 5.26 Å². The third kappa shape index (κ3) is 1.38. The van der Waals surface area contributed by atoms with Crippen LogP contribution in [0.25, 0.3) is 0 Å². The van der Waals surface area contributed by atoms with Crippen LogP contribution in [0.15, 0.2) is 29.7 Å². The molecule has 0 unspecified atom stereocenters. The third-order valence-electron chi connectivity index (χ3n) is 4.48. The van der Waals surface area contributed by atoms with Crippen molar-refractivity contribution in [2.24, 2.45) is 5.73 Å². The van der Waals surface area contributed by atoms with Gasteiger partial charge in [0, 0.05) is 16.9 Å². The Morgan fingerprint density at radius 2 is 2.17 bits per heavy atom. The van der Waals surface area contributed by atoms with Gasteiger partial charge in [-0.25, -0.2) is 0 Å². The number of aromatic amines is 1. The fourth-order valence-electron chi connectivity index (χ4n) is 3.50. The predicted octanol–water partition coefficient (Wildman–Crippen LogP) is 1.35. The van der Waals surface area contributed by atoms with Gasteiger partial charge in [0.15, 0.2) is 0 Å². The lowest BCUT2D eigenvalue weighted by atomic mass is 9.69. The van der Waals surface area contributed by atoms with Gasteiger partial charge in [0.25, 0.3) is 0 Å². The molecule has 0 fully saturated rings. The van der Waals surface area contributed by atoms with Crippen LogP contribution in [0.1, 0.15) is 22.4 Å². The van der Waals surface area contributed by atoms with E-state index in [1.807, 2.05) is 25.1 Å². The zero-order valence-corrected chi connectivity index (χ0v) is 12.5. The lowest BCUT2D eigenvalue weighted by Crippen LogP contribution is -2.42. The van der Waals surface area contributed by atoms with Crippen molar-refractivity contribution >= 4 is 11.6 Å². The Balaban J connectivity index is 2.19. The lowest BCUT2D eigenvalue weighted by Gasteiger charge is -2.31. The van der Waals surface area contributed by atoms with Crippen molar-refractivity contribution in [3.05, 3.63) is 52.0 Å². The molecule has 114 valence electrons. The topological polar surface area (TPSA) is 117 Å². The first-order chi connectivity index (χ1) is 11.0. The van der Waals surface area contributed by atoms with Gasteiger partial charge in [0.1, 0.15) is 17.1 Å². The third-order valence-corrected chi connectivity index (χ3v) is 4.48. The second-order valence-electron chi connectivity index (χ2n) is 5.68. The van der Waals surface area contributed by atoms with Crippen molar-refractivity contribution in [1.29, 1.82) is 5.26 Å². The molecule has 7 heteroatoms. The van der Waals surface area contributed by atoms with Crippen molar-refractivity contribution < 1.29 is 9.53 Å². The summed E-state index contributed by atoms with van der Waals surface area (Å²) < 4.78 is 5.45. The molecule has 4 N–H and O–H groups in total. The van der Waals surface area contributed by atoms with Crippen LogP contribution in [0.5, 0.6) is 5.88 Å². The molecule has 1 amide bonds. The molecule has 1 atom stereocenters.